The van der Waals surface area contributed by atoms with Crippen molar-refractivity contribution in [2.24, 2.45) is 0 Å². The molecule has 0 bridgehead atoms. The van der Waals surface area contributed by atoms with Crippen LogP contribution >= 0.6 is 23.2 Å². The molecule has 2 aromatic rings. The first-order valence-corrected chi connectivity index (χ1v) is 6.74. The van der Waals surface area contributed by atoms with Crippen molar-refractivity contribution in [2.75, 3.05) is 7.11 Å². The molecule has 0 amide bonds. The van der Waals surface area contributed by atoms with Crippen LogP contribution in [0.5, 0.6) is 11.5 Å². The van der Waals surface area contributed by atoms with Gasteiger partial charge in [0.05, 0.1) is 7.11 Å². The second kappa shape index (κ2) is 6.70. The molecule has 0 saturated heterocycles. The van der Waals surface area contributed by atoms with Crippen LogP contribution in [-0.4, -0.2) is 18.2 Å². The zero-order chi connectivity index (χ0) is 15.4. The number of hydrogen-bond acceptors (Lipinski definition) is 3. The molecule has 0 saturated carbocycles. The van der Waals surface area contributed by atoms with Crippen molar-refractivity contribution in [1.29, 1.82) is 0 Å². The van der Waals surface area contributed by atoms with Crippen LogP contribution in [-0.2, 0) is 6.61 Å². The monoisotopic (exact) mass is 326 g/mol. The van der Waals surface area contributed by atoms with Crippen molar-refractivity contribution < 1.29 is 19.4 Å². The van der Waals surface area contributed by atoms with Crippen LogP contribution in [0.2, 0.25) is 10.0 Å². The molecule has 0 aromatic heterocycles. The van der Waals surface area contributed by atoms with Crippen molar-refractivity contribution in [3.63, 3.8) is 0 Å². The highest BCUT2D eigenvalue weighted by Gasteiger charge is 2.11. The van der Waals surface area contributed by atoms with E-state index >= 15 is 0 Å². The van der Waals surface area contributed by atoms with E-state index in [0.29, 0.717) is 27.1 Å². The highest BCUT2D eigenvalue weighted by atomic mass is 35.5. The molecule has 1 N–H and O–H groups in total. The normalized spacial score (nSPS) is 10.2. The second-order valence-electron chi connectivity index (χ2n) is 4.23. The Morgan fingerprint density at radius 2 is 1.81 bits per heavy atom. The van der Waals surface area contributed by atoms with Crippen molar-refractivity contribution in [1.82, 2.24) is 0 Å². The Bertz CT molecular complexity index is 650. The van der Waals surface area contributed by atoms with Gasteiger partial charge in [-0.1, -0.05) is 29.3 Å². The molecule has 0 radical (unpaired) electrons. The lowest BCUT2D eigenvalue weighted by atomic mass is 10.1. The van der Waals surface area contributed by atoms with Crippen LogP contribution in [0, 0.1) is 0 Å². The van der Waals surface area contributed by atoms with Crippen molar-refractivity contribution in [2.45, 2.75) is 6.61 Å². The standard InChI is InChI=1S/C15H12Cl2O4/c1-20-14-3-2-9(4-13(14)15(18)19)8-21-12-6-10(16)5-11(17)7-12/h2-7H,8H2,1H3,(H,18,19). The number of benzene rings is 2. The minimum absolute atomic E-state index is 0.0859. The first-order valence-electron chi connectivity index (χ1n) is 5.98. The van der Waals surface area contributed by atoms with Gasteiger partial charge in [0.2, 0.25) is 0 Å². The molecule has 0 aliphatic heterocycles. The first kappa shape index (κ1) is 15.5. The van der Waals surface area contributed by atoms with Gasteiger partial charge in [0.25, 0.3) is 0 Å². The molecule has 0 atom stereocenters. The summed E-state index contributed by atoms with van der Waals surface area (Å²) in [4.78, 5) is 11.1. The number of hydrogen-bond donors (Lipinski definition) is 1. The van der Waals surface area contributed by atoms with Gasteiger partial charge in [-0.3, -0.25) is 0 Å². The van der Waals surface area contributed by atoms with E-state index < -0.39 is 5.97 Å². The molecule has 0 unspecified atom stereocenters. The van der Waals surface area contributed by atoms with Crippen LogP contribution in [0.25, 0.3) is 0 Å². The Hall–Kier alpha value is -1.91. The van der Waals surface area contributed by atoms with Crippen LogP contribution in [0.1, 0.15) is 15.9 Å². The van der Waals surface area contributed by atoms with E-state index in [9.17, 15) is 4.79 Å². The molecule has 2 aromatic carbocycles. The van der Waals surface area contributed by atoms with Gasteiger partial charge in [-0.25, -0.2) is 4.79 Å². The van der Waals surface area contributed by atoms with Gasteiger partial charge in [-0.2, -0.15) is 0 Å². The molecule has 4 nitrogen and oxygen atoms in total. The predicted molar refractivity (Wildman–Crippen MR) is 80.7 cm³/mol. The fourth-order valence-corrected chi connectivity index (χ4v) is 2.30. The van der Waals surface area contributed by atoms with Gasteiger partial charge in [0.1, 0.15) is 23.7 Å². The summed E-state index contributed by atoms with van der Waals surface area (Å²) in [6.45, 7) is 0.195. The molecule has 6 heteroatoms. The van der Waals surface area contributed by atoms with Gasteiger partial charge in [-0.05, 0) is 35.9 Å². The first-order chi connectivity index (χ1) is 9.99. The largest absolute Gasteiger partial charge is 0.496 e. The Morgan fingerprint density at radius 3 is 2.38 bits per heavy atom. The highest BCUT2D eigenvalue weighted by molar-refractivity contribution is 6.34. The third-order valence-electron chi connectivity index (χ3n) is 2.74. The lowest BCUT2D eigenvalue weighted by Gasteiger charge is -2.10. The molecular weight excluding hydrogens is 315 g/mol. The zero-order valence-electron chi connectivity index (χ0n) is 11.1. The maximum absolute atomic E-state index is 11.1. The van der Waals surface area contributed by atoms with Crippen LogP contribution in [0.15, 0.2) is 36.4 Å². The summed E-state index contributed by atoms with van der Waals surface area (Å²) in [5, 5.41) is 10.1. The van der Waals surface area contributed by atoms with Crippen molar-refractivity contribution in [3.8, 4) is 11.5 Å². The van der Waals surface area contributed by atoms with Gasteiger partial charge in [0.15, 0.2) is 0 Å². The fraction of sp³-hybridized carbons (Fsp3) is 0.133. The van der Waals surface area contributed by atoms with E-state index in [1.54, 1.807) is 30.3 Å². The van der Waals surface area contributed by atoms with E-state index in [1.165, 1.54) is 13.2 Å². The van der Waals surface area contributed by atoms with E-state index in [1.807, 2.05) is 0 Å². The number of halogens is 2. The molecule has 0 heterocycles. The van der Waals surface area contributed by atoms with Gasteiger partial charge in [0, 0.05) is 10.0 Å². The molecule has 110 valence electrons. The summed E-state index contributed by atoms with van der Waals surface area (Å²) in [5.41, 5.74) is 0.784. The van der Waals surface area contributed by atoms with Crippen LogP contribution in [0.4, 0.5) is 0 Å². The summed E-state index contributed by atoms with van der Waals surface area (Å²) in [7, 11) is 1.42. The number of methoxy groups -OCH3 is 1. The molecule has 0 aliphatic carbocycles. The zero-order valence-corrected chi connectivity index (χ0v) is 12.6. The Balaban J connectivity index is 2.16. The van der Waals surface area contributed by atoms with E-state index in [2.05, 4.69) is 0 Å². The number of carbonyl (C=O) groups is 1. The molecule has 0 fully saturated rings. The number of aromatic carboxylic acids is 1. The topological polar surface area (TPSA) is 55.8 Å². The van der Waals surface area contributed by atoms with E-state index in [4.69, 9.17) is 37.8 Å². The molecule has 21 heavy (non-hydrogen) atoms. The SMILES string of the molecule is COc1ccc(COc2cc(Cl)cc(Cl)c2)cc1C(=O)O. The quantitative estimate of drug-likeness (QED) is 0.890. The average molecular weight is 327 g/mol. The van der Waals surface area contributed by atoms with Gasteiger partial charge >= 0.3 is 5.97 Å². The minimum atomic E-state index is -1.06. The molecule has 0 spiro atoms. The maximum atomic E-state index is 11.1. The predicted octanol–water partition coefficient (Wildman–Crippen LogP) is 4.28. The third kappa shape index (κ3) is 4.03. The summed E-state index contributed by atoms with van der Waals surface area (Å²) < 4.78 is 10.6. The smallest absolute Gasteiger partial charge is 0.339 e. The average Bonchev–Trinajstić information content (AvgIpc) is 2.43. The Kier molecular flexibility index (Phi) is 4.94. The molecule has 0 aliphatic rings. The maximum Gasteiger partial charge on any atom is 0.339 e. The van der Waals surface area contributed by atoms with E-state index in [-0.39, 0.29) is 12.2 Å². The number of rotatable bonds is 5. The number of carboxylic acid groups (broad SMARTS) is 1. The fourth-order valence-electron chi connectivity index (χ4n) is 1.79. The second-order valence-corrected chi connectivity index (χ2v) is 5.11. The summed E-state index contributed by atoms with van der Waals surface area (Å²) in [6, 6.07) is 9.70. The minimum Gasteiger partial charge on any atom is -0.496 e. The number of ether oxygens (including phenoxy) is 2. The Morgan fingerprint density at radius 1 is 1.14 bits per heavy atom. The van der Waals surface area contributed by atoms with Crippen molar-refractivity contribution >= 4 is 29.2 Å². The van der Waals surface area contributed by atoms with Crippen molar-refractivity contribution in [3.05, 3.63) is 57.6 Å². The van der Waals surface area contributed by atoms with Gasteiger partial charge < -0.3 is 14.6 Å². The van der Waals surface area contributed by atoms with Crippen LogP contribution < -0.4 is 9.47 Å². The lowest BCUT2D eigenvalue weighted by Crippen LogP contribution is -2.03. The summed E-state index contributed by atoms with van der Waals surface area (Å²) in [6.07, 6.45) is 0. The summed E-state index contributed by atoms with van der Waals surface area (Å²) in [5.74, 6) is -0.239. The number of carboxylic acids is 1. The van der Waals surface area contributed by atoms with E-state index in [0.717, 1.165) is 0 Å². The Labute approximate surface area is 131 Å². The molecule has 2 rings (SSSR count). The highest BCUT2D eigenvalue weighted by Crippen LogP contribution is 2.26. The van der Waals surface area contributed by atoms with Crippen LogP contribution in [0.3, 0.4) is 0 Å². The van der Waals surface area contributed by atoms with Gasteiger partial charge in [-0.15, -0.1) is 0 Å². The molecular formula is C15H12Cl2O4. The summed E-state index contributed by atoms with van der Waals surface area (Å²) >= 11 is 11.8. The lowest BCUT2D eigenvalue weighted by molar-refractivity contribution is 0.0693. The third-order valence-corrected chi connectivity index (χ3v) is 3.17.